The van der Waals surface area contributed by atoms with Crippen LogP contribution in [0.25, 0.3) is 0 Å². The van der Waals surface area contributed by atoms with E-state index in [0.29, 0.717) is 5.56 Å². The van der Waals surface area contributed by atoms with Crippen molar-refractivity contribution in [3.8, 4) is 0 Å². The lowest BCUT2D eigenvalue weighted by molar-refractivity contribution is 0.0697. The topological polar surface area (TPSA) is 96.6 Å². The van der Waals surface area contributed by atoms with E-state index in [4.69, 9.17) is 16.7 Å². The van der Waals surface area contributed by atoms with Crippen LogP contribution in [-0.2, 0) is 7.05 Å². The van der Waals surface area contributed by atoms with E-state index in [1.165, 1.54) is 31.6 Å². The third kappa shape index (κ3) is 3.46. The number of hydrogen-bond donors (Lipinski definition) is 2. The summed E-state index contributed by atoms with van der Waals surface area (Å²) in [6.45, 7) is 0. The summed E-state index contributed by atoms with van der Waals surface area (Å²) in [7, 11) is 1.49. The minimum absolute atomic E-state index is 0.00845. The molecule has 0 atom stereocenters. The van der Waals surface area contributed by atoms with Gasteiger partial charge in [-0.1, -0.05) is 23.7 Å². The van der Waals surface area contributed by atoms with Crippen molar-refractivity contribution in [2.75, 3.05) is 5.43 Å². The van der Waals surface area contributed by atoms with Crippen molar-refractivity contribution in [1.82, 2.24) is 9.78 Å². The van der Waals surface area contributed by atoms with Gasteiger partial charge in [0.2, 0.25) is 0 Å². The third-order valence-corrected chi connectivity index (χ3v) is 3.00. The summed E-state index contributed by atoms with van der Waals surface area (Å²) < 4.78 is 1.11. The van der Waals surface area contributed by atoms with Gasteiger partial charge in [-0.3, -0.25) is 10.2 Å². The molecular formula is C13H11ClN4O3. The summed E-state index contributed by atoms with van der Waals surface area (Å²) in [4.78, 5) is 22.3. The van der Waals surface area contributed by atoms with Crippen molar-refractivity contribution < 1.29 is 9.90 Å². The fourth-order valence-corrected chi connectivity index (χ4v) is 1.69. The predicted molar refractivity (Wildman–Crippen MR) is 79.1 cm³/mol. The summed E-state index contributed by atoms with van der Waals surface area (Å²) in [6, 6.07) is 6.16. The van der Waals surface area contributed by atoms with Gasteiger partial charge in [-0.05, 0) is 17.7 Å². The van der Waals surface area contributed by atoms with Crippen LogP contribution in [0, 0.1) is 0 Å². The number of hydrogen-bond acceptors (Lipinski definition) is 5. The molecule has 7 nitrogen and oxygen atoms in total. The van der Waals surface area contributed by atoms with Crippen molar-refractivity contribution >= 4 is 29.5 Å². The number of aromatic carboxylic acids is 1. The first-order valence-electron chi connectivity index (χ1n) is 5.83. The number of nitrogens with zero attached hydrogens (tertiary/aromatic N) is 3. The average Bonchev–Trinajstić information content (AvgIpc) is 2.48. The smallest absolute Gasteiger partial charge is 0.335 e. The van der Waals surface area contributed by atoms with Crippen LogP contribution in [-0.4, -0.2) is 27.1 Å². The fraction of sp³-hybridized carbons (Fsp3) is 0.0769. The molecule has 8 heteroatoms. The highest BCUT2D eigenvalue weighted by Gasteiger charge is 2.05. The van der Waals surface area contributed by atoms with Gasteiger partial charge in [0.1, 0.15) is 10.7 Å². The first-order chi connectivity index (χ1) is 9.99. The number of nitrogens with one attached hydrogen (secondary N) is 1. The van der Waals surface area contributed by atoms with Gasteiger partial charge in [0.25, 0.3) is 5.56 Å². The maximum absolute atomic E-state index is 11.5. The summed E-state index contributed by atoms with van der Waals surface area (Å²) in [5, 5.41) is 16.5. The van der Waals surface area contributed by atoms with Crippen molar-refractivity contribution in [2.45, 2.75) is 0 Å². The molecule has 108 valence electrons. The van der Waals surface area contributed by atoms with Crippen LogP contribution in [0.15, 0.2) is 40.4 Å². The number of halogens is 1. The SMILES string of the molecule is Cn1ncc(N/N=C\c2ccc(C(=O)O)cc2)c(Cl)c1=O. The van der Waals surface area contributed by atoms with E-state index in [1.54, 1.807) is 12.1 Å². The van der Waals surface area contributed by atoms with Gasteiger partial charge in [-0.25, -0.2) is 9.48 Å². The van der Waals surface area contributed by atoms with Crippen LogP contribution in [0.5, 0.6) is 0 Å². The number of hydrazone groups is 1. The van der Waals surface area contributed by atoms with E-state index in [-0.39, 0.29) is 16.3 Å². The fourth-order valence-electron chi connectivity index (χ4n) is 1.48. The van der Waals surface area contributed by atoms with Crippen LogP contribution >= 0.6 is 11.6 Å². The standard InChI is InChI=1S/C13H11ClN4O3/c1-18-12(19)11(14)10(7-16-18)17-15-6-8-2-4-9(5-3-8)13(20)21/h2-7,17H,1H3,(H,20,21)/b15-6-. The molecule has 21 heavy (non-hydrogen) atoms. The maximum atomic E-state index is 11.5. The first-order valence-corrected chi connectivity index (χ1v) is 6.21. The van der Waals surface area contributed by atoms with Crippen molar-refractivity contribution in [3.63, 3.8) is 0 Å². The molecule has 0 unspecified atom stereocenters. The number of carboxylic acids is 1. The molecule has 1 heterocycles. The summed E-state index contributed by atoms with van der Waals surface area (Å²) in [5.74, 6) is -0.991. The Labute approximate surface area is 124 Å². The molecule has 0 fully saturated rings. The van der Waals surface area contributed by atoms with Crippen LogP contribution in [0.2, 0.25) is 5.02 Å². The average molecular weight is 307 g/mol. The number of rotatable bonds is 4. The Morgan fingerprint density at radius 3 is 2.71 bits per heavy atom. The second-order valence-electron chi connectivity index (χ2n) is 4.10. The molecular weight excluding hydrogens is 296 g/mol. The van der Waals surface area contributed by atoms with Gasteiger partial charge in [-0.2, -0.15) is 10.2 Å². The molecule has 2 rings (SSSR count). The number of aromatic nitrogens is 2. The molecule has 0 radical (unpaired) electrons. The van der Waals surface area contributed by atoms with E-state index >= 15 is 0 Å². The van der Waals surface area contributed by atoms with Crippen molar-refractivity contribution in [2.24, 2.45) is 12.1 Å². The minimum atomic E-state index is -0.991. The molecule has 0 saturated heterocycles. The van der Waals surface area contributed by atoms with Crippen LogP contribution < -0.4 is 11.0 Å². The summed E-state index contributed by atoms with van der Waals surface area (Å²) in [6.07, 6.45) is 2.86. The lowest BCUT2D eigenvalue weighted by atomic mass is 10.1. The zero-order chi connectivity index (χ0) is 15.4. The predicted octanol–water partition coefficient (Wildman–Crippen LogP) is 1.58. The third-order valence-electron chi connectivity index (χ3n) is 2.63. The quantitative estimate of drug-likeness (QED) is 0.660. The lowest BCUT2D eigenvalue weighted by Gasteiger charge is -2.03. The Hall–Kier alpha value is -2.67. The summed E-state index contributed by atoms with van der Waals surface area (Å²) >= 11 is 5.86. The second-order valence-corrected chi connectivity index (χ2v) is 4.48. The largest absolute Gasteiger partial charge is 0.478 e. The second kappa shape index (κ2) is 6.19. The number of anilines is 1. The summed E-state index contributed by atoms with van der Waals surface area (Å²) in [5.41, 5.74) is 3.36. The molecule has 2 N–H and O–H groups in total. The minimum Gasteiger partial charge on any atom is -0.478 e. The molecule has 0 spiro atoms. The number of carbonyl (C=O) groups is 1. The highest BCUT2D eigenvalue weighted by Crippen LogP contribution is 2.14. The van der Waals surface area contributed by atoms with Crippen LogP contribution in [0.1, 0.15) is 15.9 Å². The Morgan fingerprint density at radius 2 is 2.10 bits per heavy atom. The molecule has 2 aromatic rings. The normalized spacial score (nSPS) is 10.8. The Morgan fingerprint density at radius 1 is 1.43 bits per heavy atom. The van der Waals surface area contributed by atoms with Gasteiger partial charge in [0.05, 0.1) is 18.0 Å². The molecule has 0 aliphatic carbocycles. The molecule has 0 aliphatic heterocycles. The van der Waals surface area contributed by atoms with E-state index in [1.807, 2.05) is 0 Å². The molecule has 0 bridgehead atoms. The number of aryl methyl sites for hydroxylation is 1. The molecule has 1 aromatic carbocycles. The van der Waals surface area contributed by atoms with E-state index in [9.17, 15) is 9.59 Å². The van der Waals surface area contributed by atoms with Crippen molar-refractivity contribution in [1.29, 1.82) is 0 Å². The van der Waals surface area contributed by atoms with Gasteiger partial charge in [0.15, 0.2) is 0 Å². The Bertz CT molecular complexity index is 753. The van der Waals surface area contributed by atoms with E-state index in [0.717, 1.165) is 4.68 Å². The Kier molecular flexibility index (Phi) is 4.34. The van der Waals surface area contributed by atoms with Gasteiger partial charge >= 0.3 is 5.97 Å². The highest BCUT2D eigenvalue weighted by atomic mass is 35.5. The van der Waals surface area contributed by atoms with Crippen LogP contribution in [0.4, 0.5) is 5.69 Å². The maximum Gasteiger partial charge on any atom is 0.335 e. The number of carboxylic acid groups (broad SMARTS) is 1. The first kappa shape index (κ1) is 14.7. The number of benzene rings is 1. The Balaban J connectivity index is 2.11. The molecule has 0 aliphatic rings. The monoisotopic (exact) mass is 306 g/mol. The molecule has 0 amide bonds. The van der Waals surface area contributed by atoms with Gasteiger partial charge in [0, 0.05) is 7.05 Å². The van der Waals surface area contributed by atoms with Gasteiger partial charge < -0.3 is 5.11 Å². The highest BCUT2D eigenvalue weighted by molar-refractivity contribution is 6.32. The zero-order valence-electron chi connectivity index (χ0n) is 10.9. The van der Waals surface area contributed by atoms with Crippen molar-refractivity contribution in [3.05, 3.63) is 57.0 Å². The van der Waals surface area contributed by atoms with Crippen LogP contribution in [0.3, 0.4) is 0 Å². The van der Waals surface area contributed by atoms with E-state index in [2.05, 4.69) is 15.6 Å². The van der Waals surface area contributed by atoms with Gasteiger partial charge in [-0.15, -0.1) is 0 Å². The molecule has 1 aromatic heterocycles. The van der Waals surface area contributed by atoms with E-state index < -0.39 is 11.5 Å². The lowest BCUT2D eigenvalue weighted by Crippen LogP contribution is -2.20. The zero-order valence-corrected chi connectivity index (χ0v) is 11.7. The molecule has 0 saturated carbocycles.